The summed E-state index contributed by atoms with van der Waals surface area (Å²) in [7, 11) is 0. The Morgan fingerprint density at radius 3 is 2.00 bits per heavy atom. The number of oxazole rings is 1. The first kappa shape index (κ1) is 21.6. The van der Waals surface area contributed by atoms with Crippen LogP contribution in [0.5, 0.6) is 0 Å². The van der Waals surface area contributed by atoms with Crippen LogP contribution in [0.25, 0.3) is 11.3 Å². The van der Waals surface area contributed by atoms with E-state index in [1.54, 1.807) is 6.20 Å². The molecule has 4 nitrogen and oxygen atoms in total. The second kappa shape index (κ2) is 10.1. The highest BCUT2D eigenvalue weighted by molar-refractivity contribution is 5.77. The van der Waals surface area contributed by atoms with E-state index in [0.717, 1.165) is 22.5 Å². The number of hydrogen-bond donors (Lipinski definition) is 1. The molecule has 0 aliphatic carbocycles. The summed E-state index contributed by atoms with van der Waals surface area (Å²) in [5, 5.41) is 3.17. The molecule has 0 spiro atoms. The van der Waals surface area contributed by atoms with Gasteiger partial charge in [-0.05, 0) is 22.6 Å². The zero-order valence-electron chi connectivity index (χ0n) is 18.5. The van der Waals surface area contributed by atoms with Crippen molar-refractivity contribution in [2.45, 2.75) is 38.6 Å². The second-order valence-corrected chi connectivity index (χ2v) is 8.22. The number of nitrogens with zero attached hydrogens (tertiary/aromatic N) is 1. The van der Waals surface area contributed by atoms with E-state index in [1.807, 2.05) is 60.7 Å². The summed E-state index contributed by atoms with van der Waals surface area (Å²) in [4.78, 5) is 17.1. The normalized spacial score (nSPS) is 11.1. The van der Waals surface area contributed by atoms with Crippen molar-refractivity contribution in [2.75, 3.05) is 0 Å². The maximum atomic E-state index is 12.8. The molecule has 0 unspecified atom stereocenters. The first-order chi connectivity index (χ1) is 15.6. The monoisotopic (exact) mass is 424 g/mol. The summed E-state index contributed by atoms with van der Waals surface area (Å²) in [6.45, 7) is 4.35. The molecule has 1 heterocycles. The van der Waals surface area contributed by atoms with Gasteiger partial charge in [-0.1, -0.05) is 98.8 Å². The van der Waals surface area contributed by atoms with Crippen LogP contribution in [0.2, 0.25) is 0 Å². The van der Waals surface area contributed by atoms with Crippen LogP contribution in [-0.2, 0) is 11.2 Å². The van der Waals surface area contributed by atoms with Gasteiger partial charge in [0.25, 0.3) is 0 Å². The van der Waals surface area contributed by atoms with Gasteiger partial charge >= 0.3 is 0 Å². The number of rotatable bonds is 8. The summed E-state index contributed by atoms with van der Waals surface area (Å²) in [5.41, 5.74) is 4.38. The summed E-state index contributed by atoms with van der Waals surface area (Å²) >= 11 is 0. The minimum atomic E-state index is -0.190. The summed E-state index contributed by atoms with van der Waals surface area (Å²) in [5.74, 6) is 1.74. The lowest BCUT2D eigenvalue weighted by Gasteiger charge is -2.19. The van der Waals surface area contributed by atoms with Gasteiger partial charge in [-0.3, -0.25) is 4.79 Å². The molecule has 1 amide bonds. The van der Waals surface area contributed by atoms with Crippen LogP contribution in [0.1, 0.15) is 54.8 Å². The summed E-state index contributed by atoms with van der Waals surface area (Å²) < 4.78 is 5.90. The number of aromatic nitrogens is 1. The quantitative estimate of drug-likeness (QED) is 0.361. The van der Waals surface area contributed by atoms with Crippen LogP contribution >= 0.6 is 0 Å². The van der Waals surface area contributed by atoms with Crippen molar-refractivity contribution < 1.29 is 9.21 Å². The minimum Gasteiger partial charge on any atom is -0.441 e. The van der Waals surface area contributed by atoms with E-state index in [2.05, 4.69) is 48.4 Å². The number of carbonyl (C=O) groups is 1. The number of benzene rings is 3. The Labute approximate surface area is 189 Å². The molecule has 0 saturated carbocycles. The molecule has 0 atom stereocenters. The fourth-order valence-corrected chi connectivity index (χ4v) is 3.70. The zero-order valence-corrected chi connectivity index (χ0v) is 18.5. The molecule has 4 aromatic rings. The van der Waals surface area contributed by atoms with E-state index >= 15 is 0 Å². The number of aryl methyl sites for hydroxylation is 1. The second-order valence-electron chi connectivity index (χ2n) is 8.22. The molecule has 1 N–H and O–H groups in total. The van der Waals surface area contributed by atoms with E-state index < -0.39 is 0 Å². The Kier molecular flexibility index (Phi) is 6.81. The van der Waals surface area contributed by atoms with Gasteiger partial charge in [0, 0.05) is 18.4 Å². The van der Waals surface area contributed by atoms with Crippen molar-refractivity contribution in [2.24, 2.45) is 0 Å². The van der Waals surface area contributed by atoms with Crippen molar-refractivity contribution in [1.29, 1.82) is 0 Å². The Morgan fingerprint density at radius 1 is 0.844 bits per heavy atom. The van der Waals surface area contributed by atoms with Gasteiger partial charge in [-0.25, -0.2) is 4.98 Å². The van der Waals surface area contributed by atoms with Crippen LogP contribution in [0.4, 0.5) is 0 Å². The number of carbonyl (C=O) groups excluding carboxylic acids is 1. The third kappa shape index (κ3) is 5.33. The predicted octanol–water partition coefficient (Wildman–Crippen LogP) is 6.30. The minimum absolute atomic E-state index is 0.0382. The lowest BCUT2D eigenvalue weighted by atomic mass is 9.98. The SMILES string of the molecule is CC(C)c1ccc(-c2cnc(CCC(=O)NC(c3ccccc3)c3ccccc3)o2)cc1. The van der Waals surface area contributed by atoms with Crippen molar-refractivity contribution in [3.8, 4) is 11.3 Å². The molecule has 0 saturated heterocycles. The van der Waals surface area contributed by atoms with E-state index in [1.165, 1.54) is 5.56 Å². The van der Waals surface area contributed by atoms with Gasteiger partial charge in [0.1, 0.15) is 0 Å². The topological polar surface area (TPSA) is 55.1 Å². The molecule has 32 heavy (non-hydrogen) atoms. The van der Waals surface area contributed by atoms with Crippen molar-refractivity contribution in [3.63, 3.8) is 0 Å². The van der Waals surface area contributed by atoms with E-state index in [9.17, 15) is 4.79 Å². The Bertz CT molecular complexity index is 1090. The maximum absolute atomic E-state index is 12.8. The van der Waals surface area contributed by atoms with Crippen molar-refractivity contribution in [1.82, 2.24) is 10.3 Å². The Hall–Kier alpha value is -3.66. The predicted molar refractivity (Wildman–Crippen MR) is 127 cm³/mol. The third-order valence-electron chi connectivity index (χ3n) is 5.55. The van der Waals surface area contributed by atoms with E-state index in [-0.39, 0.29) is 11.9 Å². The first-order valence-electron chi connectivity index (χ1n) is 11.0. The molecule has 0 bridgehead atoms. The molecule has 0 fully saturated rings. The third-order valence-corrected chi connectivity index (χ3v) is 5.55. The standard InChI is InChI=1S/C28H28N2O2/c1-20(2)21-13-15-22(16-14-21)25-19-29-27(32-25)18-17-26(31)30-28(23-9-5-3-6-10-23)24-11-7-4-8-12-24/h3-16,19-20,28H,17-18H2,1-2H3,(H,30,31). The van der Waals surface area contributed by atoms with Crippen LogP contribution < -0.4 is 5.32 Å². The van der Waals surface area contributed by atoms with Crippen LogP contribution in [0, 0.1) is 0 Å². The lowest BCUT2D eigenvalue weighted by molar-refractivity contribution is -0.121. The van der Waals surface area contributed by atoms with Crippen molar-refractivity contribution in [3.05, 3.63) is 114 Å². The van der Waals surface area contributed by atoms with Crippen LogP contribution in [0.15, 0.2) is 95.5 Å². The van der Waals surface area contributed by atoms with Gasteiger partial charge in [0.15, 0.2) is 11.7 Å². The lowest BCUT2D eigenvalue weighted by Crippen LogP contribution is -2.29. The fraction of sp³-hybridized carbons (Fsp3) is 0.214. The Balaban J connectivity index is 1.40. The van der Waals surface area contributed by atoms with Crippen molar-refractivity contribution >= 4 is 5.91 Å². The average Bonchev–Trinajstić information content (AvgIpc) is 3.31. The number of nitrogens with one attached hydrogen (secondary N) is 1. The molecule has 1 aromatic heterocycles. The van der Waals surface area contributed by atoms with Crippen LogP contribution in [-0.4, -0.2) is 10.9 Å². The molecule has 4 heteroatoms. The first-order valence-corrected chi connectivity index (χ1v) is 11.0. The molecule has 162 valence electrons. The van der Waals surface area contributed by atoms with Gasteiger partial charge in [0.05, 0.1) is 12.2 Å². The molecular weight excluding hydrogens is 396 g/mol. The van der Waals surface area contributed by atoms with Gasteiger partial charge in [-0.15, -0.1) is 0 Å². The van der Waals surface area contributed by atoms with Gasteiger partial charge in [0.2, 0.25) is 5.91 Å². The van der Waals surface area contributed by atoms with Crippen LogP contribution in [0.3, 0.4) is 0 Å². The molecule has 0 radical (unpaired) electrons. The zero-order chi connectivity index (χ0) is 22.3. The molecule has 0 aliphatic heterocycles. The maximum Gasteiger partial charge on any atom is 0.221 e. The summed E-state index contributed by atoms with van der Waals surface area (Å²) in [6.07, 6.45) is 2.49. The highest BCUT2D eigenvalue weighted by Crippen LogP contribution is 2.24. The van der Waals surface area contributed by atoms with Gasteiger partial charge in [-0.2, -0.15) is 0 Å². The number of hydrogen-bond acceptors (Lipinski definition) is 3. The average molecular weight is 425 g/mol. The molecule has 4 rings (SSSR count). The molecule has 3 aromatic carbocycles. The Morgan fingerprint density at radius 2 is 1.44 bits per heavy atom. The summed E-state index contributed by atoms with van der Waals surface area (Å²) in [6, 6.07) is 28.2. The highest BCUT2D eigenvalue weighted by atomic mass is 16.4. The molecular formula is C28H28N2O2. The highest BCUT2D eigenvalue weighted by Gasteiger charge is 2.17. The largest absolute Gasteiger partial charge is 0.441 e. The number of amides is 1. The molecule has 0 aliphatic rings. The smallest absolute Gasteiger partial charge is 0.221 e. The van der Waals surface area contributed by atoms with Gasteiger partial charge < -0.3 is 9.73 Å². The van der Waals surface area contributed by atoms with E-state index in [0.29, 0.717) is 24.7 Å². The fourth-order valence-electron chi connectivity index (χ4n) is 3.70. The van der Waals surface area contributed by atoms with E-state index in [4.69, 9.17) is 4.42 Å².